The van der Waals surface area contributed by atoms with Crippen molar-refractivity contribution in [2.24, 2.45) is 11.8 Å². The first-order chi connectivity index (χ1) is 8.49. The van der Waals surface area contributed by atoms with E-state index in [4.69, 9.17) is 33.2 Å². The molecular weight excluding hydrogens is 273 g/mol. The number of carbonyl (C=O) groups is 1. The summed E-state index contributed by atoms with van der Waals surface area (Å²) in [5.74, 6) is -0.470. The molecular formula is C13H15Cl2NO2. The van der Waals surface area contributed by atoms with Crippen LogP contribution in [0.2, 0.25) is 0 Å². The van der Waals surface area contributed by atoms with Gasteiger partial charge in [0.25, 0.3) is 0 Å². The Bertz CT molecular complexity index is 378. The highest BCUT2D eigenvalue weighted by Crippen LogP contribution is 2.47. The lowest BCUT2D eigenvalue weighted by Gasteiger charge is -2.44. The van der Waals surface area contributed by atoms with Gasteiger partial charge in [-0.2, -0.15) is 5.26 Å². The SMILES string of the molecule is [CH2]CCC(Cl)(Cl)C(=O)[C]1OC2CCC1CC2C#N. The predicted octanol–water partition coefficient (Wildman–Crippen LogP) is 3.21. The van der Waals surface area contributed by atoms with Gasteiger partial charge in [-0.05, 0) is 32.1 Å². The molecule has 3 unspecified atom stereocenters. The fourth-order valence-electron chi connectivity index (χ4n) is 2.67. The number of ketones is 1. The highest BCUT2D eigenvalue weighted by Gasteiger charge is 2.51. The standard InChI is InChI=1S/C13H15Cl2NO2/c1-2-5-13(14,15)12(17)11-8-3-4-10(18-11)9(6-8)7-16/h8-10H,1-6H2. The summed E-state index contributed by atoms with van der Waals surface area (Å²) in [5.41, 5.74) is 0. The second-order valence-corrected chi connectivity index (χ2v) is 6.39. The van der Waals surface area contributed by atoms with E-state index in [0.29, 0.717) is 25.4 Å². The van der Waals surface area contributed by atoms with Crippen molar-refractivity contribution in [3.8, 4) is 6.07 Å². The predicted molar refractivity (Wildman–Crippen MR) is 68.6 cm³/mol. The van der Waals surface area contributed by atoms with E-state index in [1.165, 1.54) is 0 Å². The van der Waals surface area contributed by atoms with Gasteiger partial charge in [0.2, 0.25) is 5.78 Å². The number of hydrogen-bond donors (Lipinski definition) is 0. The van der Waals surface area contributed by atoms with Crippen LogP contribution in [0.3, 0.4) is 0 Å². The lowest BCUT2D eigenvalue weighted by atomic mass is 9.73. The Balaban J connectivity index is 2.08. The summed E-state index contributed by atoms with van der Waals surface area (Å²) in [6.45, 7) is 3.66. The second-order valence-electron chi connectivity index (χ2n) is 4.90. The maximum Gasteiger partial charge on any atom is 0.204 e. The van der Waals surface area contributed by atoms with E-state index >= 15 is 0 Å². The van der Waals surface area contributed by atoms with Gasteiger partial charge in [-0.1, -0.05) is 30.1 Å². The zero-order valence-corrected chi connectivity index (χ0v) is 11.5. The van der Waals surface area contributed by atoms with Crippen molar-refractivity contribution < 1.29 is 9.53 Å². The molecule has 2 aliphatic heterocycles. The van der Waals surface area contributed by atoms with Crippen molar-refractivity contribution in [2.45, 2.75) is 42.5 Å². The summed E-state index contributed by atoms with van der Waals surface area (Å²) >= 11 is 12.1. The second kappa shape index (κ2) is 5.36. The third kappa shape index (κ3) is 2.52. The molecule has 0 aromatic carbocycles. The number of rotatable bonds is 4. The van der Waals surface area contributed by atoms with E-state index in [1.807, 2.05) is 0 Å². The Morgan fingerprint density at radius 3 is 2.78 bits per heavy atom. The molecule has 98 valence electrons. The molecule has 0 aromatic rings. The number of ether oxygens (including phenoxy) is 1. The van der Waals surface area contributed by atoms with Gasteiger partial charge in [0.1, 0.15) is 0 Å². The normalized spacial score (nSPS) is 32.2. The van der Waals surface area contributed by atoms with E-state index in [2.05, 4.69) is 13.0 Å². The van der Waals surface area contributed by atoms with Crippen LogP contribution in [-0.4, -0.2) is 16.2 Å². The largest absolute Gasteiger partial charge is 0.359 e. The van der Waals surface area contributed by atoms with Crippen molar-refractivity contribution in [1.29, 1.82) is 5.26 Å². The van der Waals surface area contributed by atoms with Crippen LogP contribution < -0.4 is 0 Å². The minimum atomic E-state index is -1.45. The van der Waals surface area contributed by atoms with Crippen molar-refractivity contribution in [3.05, 3.63) is 13.0 Å². The van der Waals surface area contributed by atoms with Crippen LogP contribution in [0.25, 0.3) is 0 Å². The van der Waals surface area contributed by atoms with Crippen molar-refractivity contribution in [3.63, 3.8) is 0 Å². The van der Waals surface area contributed by atoms with E-state index in [0.717, 1.165) is 12.8 Å². The number of nitriles is 1. The van der Waals surface area contributed by atoms with Crippen molar-refractivity contribution in [1.82, 2.24) is 0 Å². The molecule has 18 heavy (non-hydrogen) atoms. The van der Waals surface area contributed by atoms with E-state index in [-0.39, 0.29) is 23.7 Å². The Morgan fingerprint density at radius 2 is 2.28 bits per heavy atom. The monoisotopic (exact) mass is 287 g/mol. The number of nitrogens with zero attached hydrogens (tertiary/aromatic N) is 1. The lowest BCUT2D eigenvalue weighted by molar-refractivity contribution is -0.139. The number of alkyl halides is 2. The fourth-order valence-corrected chi connectivity index (χ4v) is 3.13. The zero-order valence-electron chi connectivity index (χ0n) is 9.99. The minimum Gasteiger partial charge on any atom is -0.359 e. The highest BCUT2D eigenvalue weighted by atomic mass is 35.5. The smallest absolute Gasteiger partial charge is 0.204 e. The number of fused-ring (bicyclic) bond motifs is 3. The first-order valence-electron chi connectivity index (χ1n) is 6.14. The molecule has 0 spiro atoms. The van der Waals surface area contributed by atoms with Crippen LogP contribution in [-0.2, 0) is 9.53 Å². The van der Waals surface area contributed by atoms with Gasteiger partial charge in [0, 0.05) is 5.92 Å². The number of halogens is 2. The summed E-state index contributed by atoms with van der Waals surface area (Å²) in [4.78, 5) is 12.3. The van der Waals surface area contributed by atoms with Crippen LogP contribution in [0.5, 0.6) is 0 Å². The molecule has 3 rings (SSSR count). The van der Waals surface area contributed by atoms with Crippen LogP contribution in [0.15, 0.2) is 0 Å². The van der Waals surface area contributed by atoms with Crippen molar-refractivity contribution >= 4 is 29.0 Å². The molecule has 3 nitrogen and oxygen atoms in total. The molecule has 0 aromatic heterocycles. The Hall–Kier alpha value is -0.300. The summed E-state index contributed by atoms with van der Waals surface area (Å²) < 4.78 is 4.19. The first kappa shape index (κ1) is 14.1. The molecule has 3 aliphatic rings. The third-order valence-corrected chi connectivity index (χ3v) is 4.37. The molecule has 2 saturated heterocycles. The first-order valence-corrected chi connectivity index (χ1v) is 6.90. The highest BCUT2D eigenvalue weighted by molar-refractivity contribution is 6.59. The van der Waals surface area contributed by atoms with Gasteiger partial charge in [0.15, 0.2) is 10.4 Å². The Kier molecular flexibility index (Phi) is 4.21. The summed E-state index contributed by atoms with van der Waals surface area (Å²) in [5, 5.41) is 9.00. The number of hydrogen-bond acceptors (Lipinski definition) is 3. The van der Waals surface area contributed by atoms with Gasteiger partial charge in [-0.3, -0.25) is 4.79 Å². The van der Waals surface area contributed by atoms with Gasteiger partial charge < -0.3 is 4.74 Å². The van der Waals surface area contributed by atoms with Gasteiger partial charge in [-0.15, -0.1) is 0 Å². The number of carbonyl (C=O) groups excluding carboxylic acids is 1. The third-order valence-electron chi connectivity index (χ3n) is 3.65. The van der Waals surface area contributed by atoms with Crippen LogP contribution in [0.1, 0.15) is 32.1 Å². The van der Waals surface area contributed by atoms with E-state index in [9.17, 15) is 4.79 Å². The average molecular weight is 288 g/mol. The molecule has 0 amide bonds. The van der Waals surface area contributed by atoms with Crippen LogP contribution in [0, 0.1) is 36.2 Å². The van der Waals surface area contributed by atoms with Crippen LogP contribution >= 0.6 is 23.2 Å². The molecule has 5 heteroatoms. The quantitative estimate of drug-likeness (QED) is 0.746. The summed E-state index contributed by atoms with van der Waals surface area (Å²) in [6.07, 6.45) is 3.36. The van der Waals surface area contributed by atoms with Gasteiger partial charge in [0.05, 0.1) is 18.1 Å². The van der Waals surface area contributed by atoms with E-state index in [1.54, 1.807) is 0 Å². The van der Waals surface area contributed by atoms with Gasteiger partial charge in [-0.25, -0.2) is 0 Å². The topological polar surface area (TPSA) is 50.1 Å². The molecule has 2 bridgehead atoms. The molecule has 1 saturated carbocycles. The molecule has 1 aliphatic carbocycles. The summed E-state index contributed by atoms with van der Waals surface area (Å²) in [7, 11) is 0. The molecule has 3 atom stereocenters. The molecule has 2 radical (unpaired) electrons. The fraction of sp³-hybridized carbons (Fsp3) is 0.692. The summed E-state index contributed by atoms with van der Waals surface area (Å²) in [6, 6.07) is 2.23. The molecule has 2 heterocycles. The number of Topliss-reactive ketones (excluding diaryl/α,β-unsaturated/α-hetero) is 1. The molecule has 3 fully saturated rings. The zero-order chi connectivity index (χ0) is 13.3. The maximum atomic E-state index is 12.3. The molecule has 0 N–H and O–H groups in total. The Morgan fingerprint density at radius 1 is 1.56 bits per heavy atom. The van der Waals surface area contributed by atoms with E-state index < -0.39 is 4.33 Å². The van der Waals surface area contributed by atoms with Crippen molar-refractivity contribution in [2.75, 3.05) is 0 Å². The maximum absolute atomic E-state index is 12.3. The van der Waals surface area contributed by atoms with Crippen LogP contribution in [0.4, 0.5) is 0 Å². The average Bonchev–Trinajstić information content (AvgIpc) is 2.38. The lowest BCUT2D eigenvalue weighted by Crippen LogP contribution is -2.48. The van der Waals surface area contributed by atoms with Gasteiger partial charge >= 0.3 is 0 Å². The minimum absolute atomic E-state index is 0.00570. The Labute approximate surface area is 117 Å².